The van der Waals surface area contributed by atoms with Gasteiger partial charge in [-0.3, -0.25) is 9.59 Å². The zero-order valence-corrected chi connectivity index (χ0v) is 19.1. The average Bonchev–Trinajstić information content (AvgIpc) is 2.76. The molecule has 0 bridgehead atoms. The lowest BCUT2D eigenvalue weighted by Gasteiger charge is -2.14. The van der Waals surface area contributed by atoms with Crippen molar-refractivity contribution in [2.45, 2.75) is 0 Å². The van der Waals surface area contributed by atoms with Gasteiger partial charge in [0.05, 0.1) is 46.2 Å². The van der Waals surface area contributed by atoms with Gasteiger partial charge in [0.25, 0.3) is 0 Å². The maximum Gasteiger partial charge on any atom is 0.248 e. The number of carbonyl (C=O) groups is 2. The predicted octanol–water partition coefficient (Wildman–Crippen LogP) is 2.87. The van der Waals surface area contributed by atoms with E-state index in [2.05, 4.69) is 10.6 Å². The zero-order chi connectivity index (χ0) is 23.7. The molecule has 0 fully saturated rings. The van der Waals surface area contributed by atoms with Crippen LogP contribution in [0.5, 0.6) is 23.0 Å². The summed E-state index contributed by atoms with van der Waals surface area (Å²) in [6, 6.07) is 8.38. The third kappa shape index (κ3) is 6.64. The van der Waals surface area contributed by atoms with Gasteiger partial charge in [-0.1, -0.05) is 0 Å². The summed E-state index contributed by atoms with van der Waals surface area (Å²) in [6.07, 6.45) is 2.96. The first-order valence-electron chi connectivity index (χ1n) is 9.73. The fourth-order valence-electron chi connectivity index (χ4n) is 2.90. The van der Waals surface area contributed by atoms with Gasteiger partial charge in [-0.15, -0.1) is 0 Å². The Bertz CT molecular complexity index is 963. The first-order valence-corrected chi connectivity index (χ1v) is 9.73. The highest BCUT2D eigenvalue weighted by molar-refractivity contribution is 6.03. The number of rotatable bonds is 10. The van der Waals surface area contributed by atoms with Crippen molar-refractivity contribution >= 4 is 29.3 Å². The van der Waals surface area contributed by atoms with Gasteiger partial charge in [0.1, 0.15) is 23.0 Å². The van der Waals surface area contributed by atoms with Crippen LogP contribution in [-0.4, -0.2) is 65.8 Å². The number of amides is 2. The number of hydrogen-bond donors (Lipinski definition) is 2. The van der Waals surface area contributed by atoms with Crippen molar-refractivity contribution < 1.29 is 28.5 Å². The molecule has 9 nitrogen and oxygen atoms in total. The molecule has 0 heterocycles. The Balaban J connectivity index is 2.20. The minimum Gasteiger partial charge on any atom is -0.496 e. The average molecular weight is 444 g/mol. The molecule has 0 spiro atoms. The van der Waals surface area contributed by atoms with Gasteiger partial charge in [0, 0.05) is 23.9 Å². The standard InChI is InChI=1S/C23H29N3O6/c1-26(2)14-23(28)25-18-11-15(7-9-19(18)30-4)24-22(27)10-8-17-20(31-5)12-16(29-3)13-21(17)32-6/h7-13H,14H2,1-6H3,(H,24,27)(H,25,28)/b10-8+. The van der Waals surface area contributed by atoms with Crippen molar-refractivity contribution in [3.05, 3.63) is 42.0 Å². The maximum atomic E-state index is 12.5. The number of hydrogen-bond acceptors (Lipinski definition) is 7. The van der Waals surface area contributed by atoms with E-state index >= 15 is 0 Å². The summed E-state index contributed by atoms with van der Waals surface area (Å²) in [4.78, 5) is 26.4. The Morgan fingerprint density at radius 1 is 0.875 bits per heavy atom. The lowest BCUT2D eigenvalue weighted by Crippen LogP contribution is -2.27. The van der Waals surface area contributed by atoms with Crippen LogP contribution >= 0.6 is 0 Å². The number of anilines is 2. The van der Waals surface area contributed by atoms with Crippen LogP contribution in [0.25, 0.3) is 6.08 Å². The summed E-state index contributed by atoms with van der Waals surface area (Å²) in [5.74, 6) is 1.48. The molecule has 0 aliphatic rings. The molecule has 0 saturated carbocycles. The molecule has 9 heteroatoms. The molecule has 0 aliphatic carbocycles. The van der Waals surface area contributed by atoms with Crippen molar-refractivity contribution in [3.8, 4) is 23.0 Å². The fraction of sp³-hybridized carbons (Fsp3) is 0.304. The number of methoxy groups -OCH3 is 4. The summed E-state index contributed by atoms with van der Waals surface area (Å²) in [7, 11) is 9.69. The van der Waals surface area contributed by atoms with E-state index in [9.17, 15) is 9.59 Å². The SMILES string of the molecule is COc1cc(OC)c(/C=C/C(=O)Nc2ccc(OC)c(NC(=O)CN(C)C)c2)c(OC)c1. The number of nitrogens with zero attached hydrogens (tertiary/aromatic N) is 1. The van der Waals surface area contributed by atoms with Crippen LogP contribution < -0.4 is 29.6 Å². The van der Waals surface area contributed by atoms with Gasteiger partial charge in [-0.05, 0) is 38.4 Å². The van der Waals surface area contributed by atoms with Crippen molar-refractivity contribution in [2.75, 3.05) is 59.7 Å². The molecular weight excluding hydrogens is 414 g/mol. The summed E-state index contributed by atoms with van der Waals surface area (Å²) in [5.41, 5.74) is 1.55. The molecule has 0 atom stereocenters. The molecule has 2 amide bonds. The van der Waals surface area contributed by atoms with Crippen LogP contribution in [0.4, 0.5) is 11.4 Å². The third-order valence-corrected chi connectivity index (χ3v) is 4.36. The molecule has 2 N–H and O–H groups in total. The molecule has 172 valence electrons. The number of benzene rings is 2. The summed E-state index contributed by atoms with van der Waals surface area (Å²) in [6.45, 7) is 0.216. The first kappa shape index (κ1) is 24.5. The van der Waals surface area contributed by atoms with Crippen LogP contribution in [0.15, 0.2) is 36.4 Å². The highest BCUT2D eigenvalue weighted by Gasteiger charge is 2.13. The molecule has 0 radical (unpaired) electrons. The Labute approximate surface area is 187 Å². The van der Waals surface area contributed by atoms with E-state index in [1.54, 1.807) is 62.5 Å². The summed E-state index contributed by atoms with van der Waals surface area (Å²) >= 11 is 0. The van der Waals surface area contributed by atoms with Crippen molar-refractivity contribution in [1.82, 2.24) is 4.90 Å². The van der Waals surface area contributed by atoms with Crippen molar-refractivity contribution in [2.24, 2.45) is 0 Å². The van der Waals surface area contributed by atoms with Crippen LogP contribution in [0, 0.1) is 0 Å². The van der Waals surface area contributed by atoms with Gasteiger partial charge >= 0.3 is 0 Å². The van der Waals surface area contributed by atoms with E-state index in [1.165, 1.54) is 27.4 Å². The van der Waals surface area contributed by atoms with E-state index in [0.29, 0.717) is 39.9 Å². The lowest BCUT2D eigenvalue weighted by molar-refractivity contribution is -0.116. The van der Waals surface area contributed by atoms with Gasteiger partial charge < -0.3 is 34.5 Å². The Morgan fingerprint density at radius 3 is 2.03 bits per heavy atom. The number of likely N-dealkylation sites (N-methyl/N-ethyl adjacent to an activating group) is 1. The molecule has 32 heavy (non-hydrogen) atoms. The van der Waals surface area contributed by atoms with Gasteiger partial charge in [-0.25, -0.2) is 0 Å². The Kier molecular flexibility index (Phi) is 8.91. The molecule has 0 unspecified atom stereocenters. The van der Waals surface area contributed by atoms with E-state index in [-0.39, 0.29) is 18.4 Å². The summed E-state index contributed by atoms with van der Waals surface area (Å²) < 4.78 is 21.3. The van der Waals surface area contributed by atoms with Gasteiger partial charge in [0.15, 0.2) is 0 Å². The number of nitrogens with one attached hydrogen (secondary N) is 2. The second kappa shape index (κ2) is 11.6. The maximum absolute atomic E-state index is 12.5. The van der Waals surface area contributed by atoms with Crippen LogP contribution in [-0.2, 0) is 9.59 Å². The van der Waals surface area contributed by atoms with Crippen LogP contribution in [0.1, 0.15) is 5.56 Å². The topological polar surface area (TPSA) is 98.4 Å². The zero-order valence-electron chi connectivity index (χ0n) is 19.1. The van der Waals surface area contributed by atoms with Gasteiger partial charge in [-0.2, -0.15) is 0 Å². The monoisotopic (exact) mass is 443 g/mol. The predicted molar refractivity (Wildman–Crippen MR) is 124 cm³/mol. The van der Waals surface area contributed by atoms with Crippen molar-refractivity contribution in [1.29, 1.82) is 0 Å². The molecular formula is C23H29N3O6. The highest BCUT2D eigenvalue weighted by Crippen LogP contribution is 2.35. The quantitative estimate of drug-likeness (QED) is 0.545. The van der Waals surface area contributed by atoms with E-state index in [4.69, 9.17) is 18.9 Å². The highest BCUT2D eigenvalue weighted by atomic mass is 16.5. The lowest BCUT2D eigenvalue weighted by atomic mass is 10.1. The van der Waals surface area contributed by atoms with Crippen LogP contribution in [0.3, 0.4) is 0 Å². The minimum absolute atomic E-state index is 0.199. The fourth-order valence-corrected chi connectivity index (χ4v) is 2.90. The van der Waals surface area contributed by atoms with Crippen molar-refractivity contribution in [3.63, 3.8) is 0 Å². The molecule has 0 aliphatic heterocycles. The minimum atomic E-state index is -0.374. The largest absolute Gasteiger partial charge is 0.496 e. The van der Waals surface area contributed by atoms with Gasteiger partial charge in [0.2, 0.25) is 11.8 Å². The second-order valence-electron chi connectivity index (χ2n) is 6.97. The van der Waals surface area contributed by atoms with E-state index in [0.717, 1.165) is 0 Å². The van der Waals surface area contributed by atoms with E-state index in [1.807, 2.05) is 0 Å². The number of carbonyl (C=O) groups excluding carboxylic acids is 2. The molecule has 0 saturated heterocycles. The molecule has 2 aromatic carbocycles. The molecule has 0 aromatic heterocycles. The smallest absolute Gasteiger partial charge is 0.248 e. The third-order valence-electron chi connectivity index (χ3n) is 4.36. The summed E-state index contributed by atoms with van der Waals surface area (Å²) in [5, 5.41) is 5.55. The first-order chi connectivity index (χ1) is 15.3. The Hall–Kier alpha value is -3.72. The second-order valence-corrected chi connectivity index (χ2v) is 6.97. The van der Waals surface area contributed by atoms with E-state index < -0.39 is 0 Å². The normalized spacial score (nSPS) is 10.7. The number of ether oxygens (including phenoxy) is 4. The van der Waals surface area contributed by atoms with Crippen LogP contribution in [0.2, 0.25) is 0 Å². The molecule has 2 aromatic rings. The Morgan fingerprint density at radius 2 is 1.50 bits per heavy atom. The molecule has 2 rings (SSSR count).